The molecule has 3 rings (SSSR count). The molecule has 1 saturated carbocycles. The Balaban J connectivity index is 2.28. The van der Waals surface area contributed by atoms with E-state index in [0.717, 1.165) is 5.57 Å². The average molecular weight is 331 g/mol. The number of phenols is 1. The highest BCUT2D eigenvalue weighted by Crippen LogP contribution is 2.53. The van der Waals surface area contributed by atoms with Crippen LogP contribution in [0.25, 0.3) is 0 Å². The van der Waals surface area contributed by atoms with Crippen LogP contribution in [-0.2, 0) is 0 Å². The molecule has 6 nitrogen and oxygen atoms in total. The molecule has 0 aromatic heterocycles. The van der Waals surface area contributed by atoms with Gasteiger partial charge in [0.05, 0.1) is 23.9 Å². The molecule has 0 bridgehead atoms. The predicted octanol–water partition coefficient (Wildman–Crippen LogP) is 2.17. The zero-order valence-corrected chi connectivity index (χ0v) is 13.8. The third-order valence-corrected chi connectivity index (χ3v) is 5.20. The van der Waals surface area contributed by atoms with E-state index in [1.807, 2.05) is 25.3 Å². The van der Waals surface area contributed by atoms with Gasteiger partial charge in [0.2, 0.25) is 0 Å². The van der Waals surface area contributed by atoms with Crippen molar-refractivity contribution in [2.24, 2.45) is 17.3 Å². The molecular formula is C19H17N5O. The van der Waals surface area contributed by atoms with Gasteiger partial charge in [0.15, 0.2) is 5.41 Å². The van der Waals surface area contributed by atoms with Gasteiger partial charge in [-0.25, -0.2) is 0 Å². The molecule has 1 aliphatic heterocycles. The molecule has 2 aliphatic rings. The van der Waals surface area contributed by atoms with Gasteiger partial charge in [-0.2, -0.15) is 15.8 Å². The van der Waals surface area contributed by atoms with Crippen LogP contribution in [0.1, 0.15) is 11.5 Å². The fraction of sp³-hybridized carbons (Fsp3) is 0.368. The van der Waals surface area contributed by atoms with Crippen LogP contribution in [0.3, 0.4) is 0 Å². The Morgan fingerprint density at radius 1 is 1.28 bits per heavy atom. The number of nitrogens with zero attached hydrogens (tertiary/aromatic N) is 4. The van der Waals surface area contributed by atoms with Crippen molar-refractivity contribution in [3.8, 4) is 24.0 Å². The summed E-state index contributed by atoms with van der Waals surface area (Å²) in [5.41, 5.74) is -0.454. The summed E-state index contributed by atoms with van der Waals surface area (Å²) < 4.78 is 0. The van der Waals surface area contributed by atoms with E-state index in [0.29, 0.717) is 18.7 Å². The van der Waals surface area contributed by atoms with Gasteiger partial charge in [0.1, 0.15) is 11.7 Å². The van der Waals surface area contributed by atoms with Gasteiger partial charge in [-0.1, -0.05) is 18.2 Å². The largest absolute Gasteiger partial charge is 0.508 e. The van der Waals surface area contributed by atoms with Gasteiger partial charge in [-0.3, -0.25) is 0 Å². The number of benzene rings is 1. The van der Waals surface area contributed by atoms with Crippen molar-refractivity contribution in [1.29, 1.82) is 21.2 Å². The Morgan fingerprint density at radius 3 is 2.60 bits per heavy atom. The number of fused-ring (bicyclic) bond motifs is 1. The Bertz CT molecular complexity index is 868. The summed E-state index contributed by atoms with van der Waals surface area (Å²) in [6, 6.07) is 12.7. The number of nitrogens with one attached hydrogen (secondary N) is 1. The second-order valence-corrected chi connectivity index (χ2v) is 6.61. The standard InChI is InChI=1S/C19H17N5O/c1-24-6-5-14-15(8-20)18(23)19(10-21,11-22)17(16(14)9-24)12-3-2-4-13(25)7-12/h2-5,7,15-17,23,25H,6,9H2,1H3/t15?,16-,17+/m1/s1. The van der Waals surface area contributed by atoms with Gasteiger partial charge in [-0.15, -0.1) is 0 Å². The van der Waals surface area contributed by atoms with E-state index in [1.165, 1.54) is 6.07 Å². The maximum atomic E-state index is 9.87. The van der Waals surface area contributed by atoms with Crippen molar-refractivity contribution in [3.05, 3.63) is 41.5 Å². The molecule has 1 heterocycles. The number of aromatic hydroxyl groups is 1. The lowest BCUT2D eigenvalue weighted by Gasteiger charge is -2.47. The van der Waals surface area contributed by atoms with Crippen LogP contribution in [-0.4, -0.2) is 35.9 Å². The molecule has 1 aromatic rings. The molecule has 3 atom stereocenters. The van der Waals surface area contributed by atoms with Crippen LogP contribution in [0, 0.1) is 56.7 Å². The van der Waals surface area contributed by atoms with Crippen molar-refractivity contribution in [1.82, 2.24) is 4.90 Å². The van der Waals surface area contributed by atoms with Crippen molar-refractivity contribution in [2.75, 3.05) is 20.1 Å². The van der Waals surface area contributed by atoms with E-state index >= 15 is 0 Å². The molecule has 0 radical (unpaired) electrons. The quantitative estimate of drug-likeness (QED) is 0.764. The fourth-order valence-corrected chi connectivity index (χ4v) is 4.05. The van der Waals surface area contributed by atoms with E-state index in [9.17, 15) is 20.9 Å². The van der Waals surface area contributed by atoms with Crippen molar-refractivity contribution in [3.63, 3.8) is 0 Å². The minimum atomic E-state index is -1.73. The number of hydrogen-bond donors (Lipinski definition) is 2. The first-order chi connectivity index (χ1) is 12.0. The molecule has 124 valence electrons. The summed E-state index contributed by atoms with van der Waals surface area (Å²) in [5, 5.41) is 47.7. The Hall–Kier alpha value is -3.14. The highest BCUT2D eigenvalue weighted by molar-refractivity contribution is 6.00. The number of nitriles is 3. The van der Waals surface area contributed by atoms with Crippen LogP contribution < -0.4 is 0 Å². The predicted molar refractivity (Wildman–Crippen MR) is 90.4 cm³/mol. The van der Waals surface area contributed by atoms with Crippen LogP contribution in [0.2, 0.25) is 0 Å². The van der Waals surface area contributed by atoms with Crippen LogP contribution in [0.5, 0.6) is 5.75 Å². The SMILES string of the molecule is CN1CC=C2C(C#N)C(=N)C(C#N)(C#N)[C@@H](c3cccc(O)c3)[C@@H]2C1. The second kappa shape index (κ2) is 6.06. The first-order valence-corrected chi connectivity index (χ1v) is 7.97. The first-order valence-electron chi connectivity index (χ1n) is 7.97. The third kappa shape index (κ3) is 2.38. The van der Waals surface area contributed by atoms with Gasteiger partial charge >= 0.3 is 0 Å². The smallest absolute Gasteiger partial charge is 0.189 e. The van der Waals surface area contributed by atoms with Gasteiger partial charge in [-0.05, 0) is 30.3 Å². The average Bonchev–Trinajstić information content (AvgIpc) is 2.61. The highest BCUT2D eigenvalue weighted by Gasteiger charge is 2.57. The van der Waals surface area contributed by atoms with Crippen LogP contribution in [0.15, 0.2) is 35.9 Å². The lowest BCUT2D eigenvalue weighted by molar-refractivity contribution is 0.235. The van der Waals surface area contributed by atoms with Gasteiger partial charge < -0.3 is 15.4 Å². The Morgan fingerprint density at radius 2 is 2.00 bits per heavy atom. The van der Waals surface area contributed by atoms with Crippen LogP contribution in [0.4, 0.5) is 0 Å². The molecule has 1 aliphatic carbocycles. The molecule has 25 heavy (non-hydrogen) atoms. The summed E-state index contributed by atoms with van der Waals surface area (Å²) in [5.74, 6) is -1.66. The summed E-state index contributed by atoms with van der Waals surface area (Å²) in [6.45, 7) is 1.25. The topological polar surface area (TPSA) is 119 Å². The molecule has 1 fully saturated rings. The molecule has 1 aromatic carbocycles. The van der Waals surface area contributed by atoms with Gasteiger partial charge in [0, 0.05) is 24.9 Å². The molecule has 6 heteroatoms. The molecule has 1 unspecified atom stereocenters. The van der Waals surface area contributed by atoms with E-state index in [4.69, 9.17) is 5.41 Å². The Labute approximate surface area is 146 Å². The lowest BCUT2D eigenvalue weighted by atomic mass is 9.54. The van der Waals surface area contributed by atoms with Crippen molar-refractivity contribution < 1.29 is 5.11 Å². The van der Waals surface area contributed by atoms with Crippen molar-refractivity contribution >= 4 is 5.71 Å². The van der Waals surface area contributed by atoms with E-state index < -0.39 is 17.3 Å². The summed E-state index contributed by atoms with van der Waals surface area (Å²) in [7, 11) is 1.94. The molecule has 0 amide bonds. The monoisotopic (exact) mass is 331 g/mol. The van der Waals surface area contributed by atoms with Gasteiger partial charge in [0.25, 0.3) is 0 Å². The molecule has 0 saturated heterocycles. The maximum absolute atomic E-state index is 9.87. The summed E-state index contributed by atoms with van der Waals surface area (Å²) in [6.07, 6.45) is 1.94. The first kappa shape index (κ1) is 16.7. The van der Waals surface area contributed by atoms with Crippen molar-refractivity contribution in [2.45, 2.75) is 5.92 Å². The number of hydrogen-bond acceptors (Lipinski definition) is 6. The normalized spacial score (nSPS) is 28.0. The van der Waals surface area contributed by atoms with E-state index in [2.05, 4.69) is 11.0 Å². The maximum Gasteiger partial charge on any atom is 0.189 e. The Kier molecular flexibility index (Phi) is 4.05. The number of phenolic OH excluding ortho intramolecular Hbond substituents is 1. The minimum absolute atomic E-state index is 0.0471. The highest BCUT2D eigenvalue weighted by atomic mass is 16.3. The van der Waals surface area contributed by atoms with E-state index in [1.54, 1.807) is 18.2 Å². The second-order valence-electron chi connectivity index (χ2n) is 6.61. The molecule has 0 spiro atoms. The number of rotatable bonds is 1. The summed E-state index contributed by atoms with van der Waals surface area (Å²) >= 11 is 0. The minimum Gasteiger partial charge on any atom is -0.508 e. The summed E-state index contributed by atoms with van der Waals surface area (Å²) in [4.78, 5) is 2.06. The fourth-order valence-electron chi connectivity index (χ4n) is 4.05. The van der Waals surface area contributed by atoms with Crippen LogP contribution >= 0.6 is 0 Å². The molecule has 2 N–H and O–H groups in total. The molecular weight excluding hydrogens is 314 g/mol. The lowest BCUT2D eigenvalue weighted by Crippen LogP contribution is -2.52. The zero-order chi connectivity index (χ0) is 18.2. The third-order valence-electron chi connectivity index (χ3n) is 5.20. The van der Waals surface area contributed by atoms with E-state index in [-0.39, 0.29) is 17.4 Å². The zero-order valence-electron chi connectivity index (χ0n) is 13.8. The number of likely N-dealkylation sites (N-methyl/N-ethyl adjacent to an activating group) is 1.